The zero-order valence-electron chi connectivity index (χ0n) is 16.1. The SMILES string of the molecule is CCN1C(=O)c2ccccc2S(=O)(=O)c2ccc(C(=O)NC[C@@H]3CCCO3)cc21. The van der Waals surface area contributed by atoms with Crippen LogP contribution in [0.15, 0.2) is 52.3 Å². The zero-order chi connectivity index (χ0) is 20.6. The van der Waals surface area contributed by atoms with Crippen LogP contribution in [0.3, 0.4) is 0 Å². The van der Waals surface area contributed by atoms with E-state index in [0.717, 1.165) is 12.8 Å². The second kappa shape index (κ2) is 7.61. The summed E-state index contributed by atoms with van der Waals surface area (Å²) in [5, 5.41) is 2.83. The summed E-state index contributed by atoms with van der Waals surface area (Å²) in [6.07, 6.45) is 1.88. The highest BCUT2D eigenvalue weighted by Gasteiger charge is 2.35. The lowest BCUT2D eigenvalue weighted by molar-refractivity contribution is 0.0857. The number of nitrogens with zero attached hydrogens (tertiary/aromatic N) is 1. The molecule has 2 aromatic carbocycles. The first kappa shape index (κ1) is 19.6. The number of benzene rings is 2. The van der Waals surface area contributed by atoms with Crippen molar-refractivity contribution in [3.63, 3.8) is 0 Å². The Morgan fingerprint density at radius 2 is 2.00 bits per heavy atom. The Morgan fingerprint density at radius 1 is 1.21 bits per heavy atom. The van der Waals surface area contributed by atoms with Gasteiger partial charge in [-0.15, -0.1) is 0 Å². The molecular formula is C21H22N2O5S. The molecule has 0 spiro atoms. The first-order valence-electron chi connectivity index (χ1n) is 9.63. The van der Waals surface area contributed by atoms with Crippen molar-refractivity contribution >= 4 is 27.3 Å². The van der Waals surface area contributed by atoms with Crippen LogP contribution in [0.2, 0.25) is 0 Å². The summed E-state index contributed by atoms with van der Waals surface area (Å²) in [5.74, 6) is -0.728. The summed E-state index contributed by atoms with van der Waals surface area (Å²) in [4.78, 5) is 27.1. The van der Waals surface area contributed by atoms with Crippen LogP contribution in [-0.2, 0) is 14.6 Å². The third-order valence-corrected chi connectivity index (χ3v) is 7.14. The maximum absolute atomic E-state index is 13.2. The minimum atomic E-state index is -3.90. The number of hydrogen-bond donors (Lipinski definition) is 1. The lowest BCUT2D eigenvalue weighted by atomic mass is 10.1. The van der Waals surface area contributed by atoms with Crippen LogP contribution in [0, 0.1) is 0 Å². The summed E-state index contributed by atoms with van der Waals surface area (Å²) in [7, 11) is -3.90. The Balaban J connectivity index is 1.74. The van der Waals surface area contributed by atoms with Gasteiger partial charge in [-0.3, -0.25) is 9.59 Å². The summed E-state index contributed by atoms with van der Waals surface area (Å²) < 4.78 is 31.9. The van der Waals surface area contributed by atoms with Crippen LogP contribution in [0.25, 0.3) is 0 Å². The Labute approximate surface area is 169 Å². The van der Waals surface area contributed by atoms with Crippen molar-refractivity contribution in [3.05, 3.63) is 53.6 Å². The summed E-state index contributed by atoms with van der Waals surface area (Å²) in [6, 6.07) is 10.5. The van der Waals surface area contributed by atoms with Crippen molar-refractivity contribution in [3.8, 4) is 0 Å². The topological polar surface area (TPSA) is 92.8 Å². The molecule has 1 saturated heterocycles. The van der Waals surface area contributed by atoms with Crippen LogP contribution < -0.4 is 10.2 Å². The van der Waals surface area contributed by atoms with Crippen LogP contribution >= 0.6 is 0 Å². The van der Waals surface area contributed by atoms with E-state index in [4.69, 9.17) is 4.74 Å². The van der Waals surface area contributed by atoms with Gasteiger partial charge in [-0.2, -0.15) is 0 Å². The lowest BCUT2D eigenvalue weighted by Gasteiger charge is -2.21. The minimum Gasteiger partial charge on any atom is -0.376 e. The fourth-order valence-corrected chi connectivity index (χ4v) is 5.41. The average Bonchev–Trinajstić information content (AvgIpc) is 3.23. The van der Waals surface area contributed by atoms with E-state index in [1.165, 1.54) is 35.2 Å². The van der Waals surface area contributed by atoms with Gasteiger partial charge in [0, 0.05) is 25.3 Å². The van der Waals surface area contributed by atoms with E-state index in [1.807, 2.05) is 0 Å². The zero-order valence-corrected chi connectivity index (χ0v) is 16.9. The highest BCUT2D eigenvalue weighted by molar-refractivity contribution is 7.91. The average molecular weight is 414 g/mol. The number of nitrogens with one attached hydrogen (secondary N) is 1. The quantitative estimate of drug-likeness (QED) is 0.829. The normalized spacial score (nSPS) is 20.0. The van der Waals surface area contributed by atoms with E-state index in [9.17, 15) is 18.0 Å². The molecule has 2 aromatic rings. The van der Waals surface area contributed by atoms with E-state index in [-0.39, 0.29) is 39.6 Å². The van der Waals surface area contributed by atoms with Crippen LogP contribution in [0.1, 0.15) is 40.5 Å². The van der Waals surface area contributed by atoms with Gasteiger partial charge >= 0.3 is 0 Å². The second-order valence-corrected chi connectivity index (χ2v) is 8.96. The van der Waals surface area contributed by atoms with Crippen molar-refractivity contribution in [2.75, 3.05) is 24.6 Å². The molecular weight excluding hydrogens is 392 g/mol. The molecule has 1 fully saturated rings. The number of ether oxygens (including phenoxy) is 1. The third-order valence-electron chi connectivity index (χ3n) is 5.28. The molecule has 152 valence electrons. The number of carbonyl (C=O) groups is 2. The van der Waals surface area contributed by atoms with Crippen molar-refractivity contribution in [2.24, 2.45) is 0 Å². The van der Waals surface area contributed by atoms with Gasteiger partial charge in [-0.1, -0.05) is 12.1 Å². The number of rotatable bonds is 4. The Hall–Kier alpha value is -2.71. The van der Waals surface area contributed by atoms with E-state index >= 15 is 0 Å². The molecule has 0 aromatic heterocycles. The van der Waals surface area contributed by atoms with Crippen molar-refractivity contribution in [1.29, 1.82) is 0 Å². The predicted molar refractivity (Wildman–Crippen MR) is 107 cm³/mol. The number of fused-ring (bicyclic) bond motifs is 2. The Bertz CT molecular complexity index is 1070. The third kappa shape index (κ3) is 3.42. The van der Waals surface area contributed by atoms with Crippen LogP contribution in [0.4, 0.5) is 5.69 Å². The fraction of sp³-hybridized carbons (Fsp3) is 0.333. The minimum absolute atomic E-state index is 0.00312. The molecule has 2 amide bonds. The monoisotopic (exact) mass is 414 g/mol. The van der Waals surface area contributed by atoms with E-state index < -0.39 is 15.7 Å². The molecule has 8 heteroatoms. The molecule has 4 rings (SSSR count). The van der Waals surface area contributed by atoms with E-state index in [2.05, 4.69) is 5.32 Å². The van der Waals surface area contributed by atoms with Crippen LogP contribution in [-0.4, -0.2) is 46.0 Å². The Kier molecular flexibility index (Phi) is 5.14. The largest absolute Gasteiger partial charge is 0.376 e. The van der Waals surface area contributed by atoms with Gasteiger partial charge in [-0.05, 0) is 50.1 Å². The maximum Gasteiger partial charge on any atom is 0.259 e. The van der Waals surface area contributed by atoms with Gasteiger partial charge in [0.05, 0.1) is 27.1 Å². The van der Waals surface area contributed by atoms with E-state index in [0.29, 0.717) is 18.7 Å². The number of hydrogen-bond acceptors (Lipinski definition) is 5. The number of sulfone groups is 1. The standard InChI is InChI=1S/C21H22N2O5S/c1-2-23-17-12-14(20(24)22-13-15-6-5-11-28-15)9-10-19(17)29(26,27)18-8-4-3-7-16(18)21(23)25/h3-4,7-10,12,15H,2,5-6,11,13H2,1H3,(H,22,24)/t15-/m0/s1. The molecule has 0 radical (unpaired) electrons. The van der Waals surface area contributed by atoms with Gasteiger partial charge in [0.1, 0.15) is 0 Å². The Morgan fingerprint density at radius 3 is 2.72 bits per heavy atom. The summed E-state index contributed by atoms with van der Waals surface area (Å²) in [5.41, 5.74) is 0.655. The fourth-order valence-electron chi connectivity index (χ4n) is 3.78. The van der Waals surface area contributed by atoms with E-state index in [1.54, 1.807) is 19.1 Å². The van der Waals surface area contributed by atoms with Gasteiger partial charge in [0.2, 0.25) is 9.84 Å². The number of amides is 2. The molecule has 0 aliphatic carbocycles. The summed E-state index contributed by atoms with van der Waals surface area (Å²) >= 11 is 0. The molecule has 0 unspecified atom stereocenters. The van der Waals surface area contributed by atoms with Gasteiger partial charge < -0.3 is 15.0 Å². The molecule has 2 heterocycles. The van der Waals surface area contributed by atoms with Gasteiger partial charge in [0.25, 0.3) is 11.8 Å². The summed E-state index contributed by atoms with van der Waals surface area (Å²) in [6.45, 7) is 3.14. The smallest absolute Gasteiger partial charge is 0.259 e. The van der Waals surface area contributed by atoms with Crippen molar-refractivity contribution < 1.29 is 22.7 Å². The highest BCUT2D eigenvalue weighted by Crippen LogP contribution is 2.37. The number of anilines is 1. The first-order chi connectivity index (χ1) is 13.9. The van der Waals surface area contributed by atoms with Crippen molar-refractivity contribution in [2.45, 2.75) is 35.7 Å². The molecule has 0 saturated carbocycles. The molecule has 1 N–H and O–H groups in total. The van der Waals surface area contributed by atoms with Gasteiger partial charge in [0.15, 0.2) is 0 Å². The predicted octanol–water partition coefficient (Wildman–Crippen LogP) is 2.41. The van der Waals surface area contributed by atoms with Gasteiger partial charge in [-0.25, -0.2) is 8.42 Å². The first-order valence-corrected chi connectivity index (χ1v) is 11.1. The molecule has 7 nitrogen and oxygen atoms in total. The maximum atomic E-state index is 13.2. The molecule has 0 bridgehead atoms. The highest BCUT2D eigenvalue weighted by atomic mass is 32.2. The second-order valence-electron chi connectivity index (χ2n) is 7.08. The van der Waals surface area contributed by atoms with Crippen LogP contribution in [0.5, 0.6) is 0 Å². The molecule has 2 aliphatic rings. The molecule has 1 atom stereocenters. The van der Waals surface area contributed by atoms with Crippen molar-refractivity contribution in [1.82, 2.24) is 5.32 Å². The lowest BCUT2D eigenvalue weighted by Crippen LogP contribution is -2.33. The molecule has 2 aliphatic heterocycles. The number of carbonyl (C=O) groups excluding carboxylic acids is 2. The molecule has 29 heavy (non-hydrogen) atoms.